The second kappa shape index (κ2) is 5.76. The fraction of sp³-hybridized carbons (Fsp3) is 0.833. The van der Waals surface area contributed by atoms with Crippen molar-refractivity contribution >= 4 is 16.3 Å². The Morgan fingerprint density at radius 2 is 1.85 bits per heavy atom. The molecule has 0 radical (unpaired) electrons. The van der Waals surface area contributed by atoms with Crippen molar-refractivity contribution in [2.24, 2.45) is 0 Å². The molecule has 0 N–H and O–H groups in total. The van der Waals surface area contributed by atoms with Gasteiger partial charge in [-0.15, -0.1) is 0 Å². The summed E-state index contributed by atoms with van der Waals surface area (Å²) in [7, 11) is -2.01. The first kappa shape index (κ1) is 12.2. The molecule has 13 heavy (non-hydrogen) atoms. The maximum Gasteiger partial charge on any atom is 0.508 e. The van der Waals surface area contributed by atoms with Crippen LogP contribution in [0.4, 0.5) is 4.79 Å². The van der Waals surface area contributed by atoms with Gasteiger partial charge in [0.25, 0.3) is 10.1 Å². The molecule has 0 bridgehead atoms. The van der Waals surface area contributed by atoms with Crippen LogP contribution in [0.15, 0.2) is 0 Å². The fourth-order valence-corrected chi connectivity index (χ4v) is 0.645. The molecule has 1 heterocycles. The first-order valence-corrected chi connectivity index (χ1v) is 5.17. The first-order chi connectivity index (χ1) is 6.02. The monoisotopic (exact) mass is 212 g/mol. The molecule has 0 aromatic carbocycles. The van der Waals surface area contributed by atoms with Gasteiger partial charge < -0.3 is 9.47 Å². The highest BCUT2D eigenvalue weighted by Gasteiger charge is 2.09. The highest BCUT2D eigenvalue weighted by molar-refractivity contribution is 7.86. The molecule has 6 nitrogen and oxygen atoms in total. The summed E-state index contributed by atoms with van der Waals surface area (Å²) < 4.78 is 32.9. The molecule has 0 atom stereocenters. The van der Waals surface area contributed by atoms with Crippen LogP contribution in [0.25, 0.3) is 0 Å². The summed E-state index contributed by atoms with van der Waals surface area (Å²) in [5.41, 5.74) is 0. The van der Waals surface area contributed by atoms with Gasteiger partial charge in [0.1, 0.15) is 13.2 Å². The fourth-order valence-electron chi connectivity index (χ4n) is 0.410. The Kier molecular flexibility index (Phi) is 5.40. The normalized spacial score (nSPS) is 15.4. The molecule has 0 amide bonds. The number of hydrogen-bond donors (Lipinski definition) is 0. The van der Waals surface area contributed by atoms with E-state index < -0.39 is 16.3 Å². The van der Waals surface area contributed by atoms with Crippen LogP contribution < -0.4 is 0 Å². The molecule has 0 spiro atoms. The minimum Gasteiger partial charge on any atom is -0.431 e. The quantitative estimate of drug-likeness (QED) is 0.478. The predicted molar refractivity (Wildman–Crippen MR) is 43.8 cm³/mol. The van der Waals surface area contributed by atoms with E-state index in [0.29, 0.717) is 13.2 Å². The molecule has 1 aliphatic rings. The predicted octanol–water partition coefficient (Wildman–Crippen LogP) is 0.136. The summed E-state index contributed by atoms with van der Waals surface area (Å²) in [6, 6.07) is 0. The summed E-state index contributed by atoms with van der Waals surface area (Å²) in [6.45, 7) is 2.36. The minimum absolute atomic E-state index is 0.0451. The summed E-state index contributed by atoms with van der Waals surface area (Å²) >= 11 is 0. The van der Waals surface area contributed by atoms with Crippen molar-refractivity contribution in [2.45, 2.75) is 6.92 Å². The third kappa shape index (κ3) is 6.35. The number of carbonyl (C=O) groups is 1. The van der Waals surface area contributed by atoms with Crippen LogP contribution in [0.2, 0.25) is 0 Å². The molecule has 1 fully saturated rings. The zero-order valence-corrected chi connectivity index (χ0v) is 8.30. The Bertz CT molecular complexity index is 226. The molecule has 0 aliphatic carbocycles. The summed E-state index contributed by atoms with van der Waals surface area (Å²) in [6.07, 6.45) is -0.546. The maximum absolute atomic E-state index is 10.1. The lowest BCUT2D eigenvalue weighted by Gasteiger charge is -1.90. The van der Waals surface area contributed by atoms with Crippen molar-refractivity contribution in [3.8, 4) is 0 Å². The maximum atomic E-state index is 10.1. The molecule has 78 valence electrons. The van der Waals surface area contributed by atoms with Crippen molar-refractivity contribution in [2.75, 3.05) is 26.1 Å². The number of carbonyl (C=O) groups excluding carboxylic acids is 1. The van der Waals surface area contributed by atoms with Crippen LogP contribution in [0.5, 0.6) is 0 Å². The van der Waals surface area contributed by atoms with Crippen molar-refractivity contribution < 1.29 is 26.9 Å². The van der Waals surface area contributed by atoms with E-state index in [9.17, 15) is 13.2 Å². The smallest absolute Gasteiger partial charge is 0.431 e. The van der Waals surface area contributed by atoms with Crippen molar-refractivity contribution in [1.82, 2.24) is 0 Å². The molecular formula is C6H12O6S. The van der Waals surface area contributed by atoms with Gasteiger partial charge in [-0.2, -0.15) is 8.42 Å². The molecule has 0 saturated carbocycles. The zero-order valence-electron chi connectivity index (χ0n) is 7.48. The lowest BCUT2D eigenvalue weighted by atomic mass is 10.8. The number of cyclic esters (lactones) is 2. The third-order valence-electron chi connectivity index (χ3n) is 1.13. The van der Waals surface area contributed by atoms with Crippen molar-refractivity contribution in [3.63, 3.8) is 0 Å². The topological polar surface area (TPSA) is 78.9 Å². The van der Waals surface area contributed by atoms with Crippen LogP contribution >= 0.6 is 0 Å². The molecule has 1 rings (SSSR count). The number of rotatable bonds is 2. The minimum atomic E-state index is -3.16. The zero-order chi connectivity index (χ0) is 10.3. The van der Waals surface area contributed by atoms with Gasteiger partial charge in [-0.25, -0.2) is 4.79 Å². The Morgan fingerprint density at radius 1 is 1.38 bits per heavy atom. The van der Waals surface area contributed by atoms with Gasteiger partial charge in [0.15, 0.2) is 0 Å². The van der Waals surface area contributed by atoms with Crippen molar-refractivity contribution in [3.05, 3.63) is 0 Å². The Morgan fingerprint density at radius 3 is 1.92 bits per heavy atom. The Hall–Kier alpha value is -0.820. The molecule has 1 aliphatic heterocycles. The molecule has 0 unspecified atom stereocenters. The van der Waals surface area contributed by atoms with Gasteiger partial charge >= 0.3 is 6.16 Å². The van der Waals surface area contributed by atoms with Gasteiger partial charge in [0.2, 0.25) is 0 Å². The van der Waals surface area contributed by atoms with E-state index in [2.05, 4.69) is 13.7 Å². The molecule has 0 aromatic heterocycles. The van der Waals surface area contributed by atoms with Crippen LogP contribution in [0, 0.1) is 0 Å². The number of ether oxygens (including phenoxy) is 2. The Balaban J connectivity index is 0.000000223. The highest BCUT2D eigenvalue weighted by atomic mass is 32.2. The standard InChI is InChI=1S/C3H8O3S.C3H4O3/c1-3-7(4,5)6-2;4-3-5-1-2-6-3/h3H2,1-2H3;1-2H2. The van der Waals surface area contributed by atoms with E-state index in [1.165, 1.54) is 6.92 Å². The second-order valence-electron chi connectivity index (χ2n) is 1.96. The SMILES string of the molecule is CCS(=O)(=O)OC.O=C1OCCO1. The van der Waals surface area contributed by atoms with Crippen LogP contribution in [-0.4, -0.2) is 40.6 Å². The Labute approximate surface area is 76.9 Å². The summed E-state index contributed by atoms with van der Waals surface area (Å²) in [5, 5.41) is 0. The van der Waals surface area contributed by atoms with Crippen LogP contribution in [0.1, 0.15) is 6.92 Å². The van der Waals surface area contributed by atoms with Crippen molar-refractivity contribution in [1.29, 1.82) is 0 Å². The molecule has 1 saturated heterocycles. The molecule has 7 heteroatoms. The van der Waals surface area contributed by atoms with E-state index in [1.54, 1.807) is 0 Å². The lowest BCUT2D eigenvalue weighted by molar-refractivity contribution is 0.131. The summed E-state index contributed by atoms with van der Waals surface area (Å²) in [4.78, 5) is 9.80. The molecule has 0 aromatic rings. The average molecular weight is 212 g/mol. The van der Waals surface area contributed by atoms with Gasteiger partial charge in [-0.1, -0.05) is 0 Å². The van der Waals surface area contributed by atoms with E-state index in [1.807, 2.05) is 0 Å². The third-order valence-corrected chi connectivity index (χ3v) is 2.35. The number of hydrogen-bond acceptors (Lipinski definition) is 6. The average Bonchev–Trinajstić information content (AvgIpc) is 2.57. The lowest BCUT2D eigenvalue weighted by Crippen LogP contribution is -2.03. The van der Waals surface area contributed by atoms with E-state index in [4.69, 9.17) is 0 Å². The van der Waals surface area contributed by atoms with Crippen LogP contribution in [-0.2, 0) is 23.8 Å². The van der Waals surface area contributed by atoms with E-state index in [-0.39, 0.29) is 5.75 Å². The van der Waals surface area contributed by atoms with Gasteiger partial charge in [0, 0.05) is 0 Å². The highest BCUT2D eigenvalue weighted by Crippen LogP contribution is 1.92. The van der Waals surface area contributed by atoms with Crippen LogP contribution in [0.3, 0.4) is 0 Å². The first-order valence-electron chi connectivity index (χ1n) is 3.59. The van der Waals surface area contributed by atoms with Gasteiger partial charge in [-0.05, 0) is 6.92 Å². The largest absolute Gasteiger partial charge is 0.508 e. The van der Waals surface area contributed by atoms with E-state index in [0.717, 1.165) is 7.11 Å². The van der Waals surface area contributed by atoms with Gasteiger partial charge in [0.05, 0.1) is 12.9 Å². The second-order valence-corrected chi connectivity index (χ2v) is 3.99. The molecular weight excluding hydrogens is 200 g/mol. The summed E-state index contributed by atoms with van der Waals surface area (Å²) in [5.74, 6) is 0.0451. The van der Waals surface area contributed by atoms with E-state index >= 15 is 0 Å². The van der Waals surface area contributed by atoms with Gasteiger partial charge in [-0.3, -0.25) is 4.18 Å².